The second kappa shape index (κ2) is 6.92. The Bertz CT molecular complexity index is 1100. The van der Waals surface area contributed by atoms with E-state index in [2.05, 4.69) is 33.0 Å². The fourth-order valence-electron chi connectivity index (χ4n) is 4.25. The fraction of sp³-hybridized carbons (Fsp3) is 0.273. The SMILES string of the molecule is N#Cc1cnc2ccc3c(c2c1N1CCN(c2cccc(O)c2)CC1)CCS3. The lowest BCUT2D eigenvalue weighted by molar-refractivity contribution is 0.475. The van der Waals surface area contributed by atoms with Gasteiger partial charge < -0.3 is 14.9 Å². The molecule has 3 heterocycles. The highest BCUT2D eigenvalue weighted by molar-refractivity contribution is 7.99. The van der Waals surface area contributed by atoms with Gasteiger partial charge in [-0.1, -0.05) is 6.07 Å². The molecule has 0 atom stereocenters. The van der Waals surface area contributed by atoms with Gasteiger partial charge in [0.15, 0.2) is 0 Å². The standard InChI is InChI=1S/C22H20N4OS/c23-13-15-14-24-19-4-5-20-18(6-11-28-20)21(19)22(15)26-9-7-25(8-10-26)16-2-1-3-17(27)12-16/h1-5,12,14,27H,6-11H2. The molecular formula is C22H20N4OS. The molecule has 0 aliphatic carbocycles. The number of phenolic OH excluding ortho intramolecular Hbond substituents is 1. The normalized spacial score (nSPS) is 16.2. The third-order valence-electron chi connectivity index (χ3n) is 5.59. The van der Waals surface area contributed by atoms with Gasteiger partial charge in [-0.2, -0.15) is 5.26 Å². The second-order valence-corrected chi connectivity index (χ2v) is 8.30. The van der Waals surface area contributed by atoms with Crippen molar-refractivity contribution >= 4 is 34.0 Å². The third kappa shape index (κ3) is 2.83. The average Bonchev–Trinajstić information content (AvgIpc) is 3.22. The zero-order valence-corrected chi connectivity index (χ0v) is 16.2. The number of anilines is 2. The van der Waals surface area contributed by atoms with Crippen molar-refractivity contribution in [3.8, 4) is 11.8 Å². The van der Waals surface area contributed by atoms with E-state index in [0.717, 1.165) is 60.6 Å². The first-order valence-corrected chi connectivity index (χ1v) is 10.5. The number of hydrogen-bond donors (Lipinski definition) is 1. The first-order valence-electron chi connectivity index (χ1n) is 9.51. The van der Waals surface area contributed by atoms with Crippen LogP contribution in [0.1, 0.15) is 11.1 Å². The third-order valence-corrected chi connectivity index (χ3v) is 6.70. The van der Waals surface area contributed by atoms with Crippen LogP contribution in [0.15, 0.2) is 47.5 Å². The number of aromatic nitrogens is 1. The predicted octanol–water partition coefficient (Wildman–Crippen LogP) is 3.79. The van der Waals surface area contributed by atoms with E-state index in [4.69, 9.17) is 0 Å². The molecule has 28 heavy (non-hydrogen) atoms. The summed E-state index contributed by atoms with van der Waals surface area (Å²) in [6, 6.07) is 14.0. The van der Waals surface area contributed by atoms with Crippen LogP contribution in [0.4, 0.5) is 11.4 Å². The average molecular weight is 388 g/mol. The number of benzene rings is 2. The van der Waals surface area contributed by atoms with Crippen LogP contribution in [-0.2, 0) is 6.42 Å². The van der Waals surface area contributed by atoms with Crippen molar-refractivity contribution in [1.82, 2.24) is 4.98 Å². The number of phenols is 1. The van der Waals surface area contributed by atoms with Gasteiger partial charge in [0.25, 0.3) is 0 Å². The van der Waals surface area contributed by atoms with Crippen molar-refractivity contribution < 1.29 is 5.11 Å². The minimum absolute atomic E-state index is 0.292. The molecule has 0 amide bonds. The molecule has 0 unspecified atom stereocenters. The monoisotopic (exact) mass is 388 g/mol. The zero-order chi connectivity index (χ0) is 19.1. The fourth-order valence-corrected chi connectivity index (χ4v) is 5.32. The van der Waals surface area contributed by atoms with Crippen molar-refractivity contribution in [3.63, 3.8) is 0 Å². The Balaban J connectivity index is 1.52. The van der Waals surface area contributed by atoms with Gasteiger partial charge in [-0.05, 0) is 36.2 Å². The highest BCUT2D eigenvalue weighted by Gasteiger charge is 2.25. The summed E-state index contributed by atoms with van der Waals surface area (Å²) in [7, 11) is 0. The van der Waals surface area contributed by atoms with Gasteiger partial charge in [-0.3, -0.25) is 4.98 Å². The summed E-state index contributed by atoms with van der Waals surface area (Å²) >= 11 is 1.89. The minimum atomic E-state index is 0.292. The number of rotatable bonds is 2. The number of nitrogens with zero attached hydrogens (tertiary/aromatic N) is 4. The molecule has 6 heteroatoms. The lowest BCUT2D eigenvalue weighted by Crippen LogP contribution is -2.46. The number of fused-ring (bicyclic) bond motifs is 3. The minimum Gasteiger partial charge on any atom is -0.508 e. The van der Waals surface area contributed by atoms with E-state index in [1.807, 2.05) is 30.0 Å². The highest BCUT2D eigenvalue weighted by atomic mass is 32.2. The lowest BCUT2D eigenvalue weighted by atomic mass is 10.0. The Morgan fingerprint density at radius 3 is 2.68 bits per heavy atom. The van der Waals surface area contributed by atoms with Crippen LogP contribution in [0, 0.1) is 11.3 Å². The second-order valence-electron chi connectivity index (χ2n) is 7.16. The van der Waals surface area contributed by atoms with Gasteiger partial charge in [0.05, 0.1) is 16.8 Å². The van der Waals surface area contributed by atoms with Crippen LogP contribution in [0.2, 0.25) is 0 Å². The molecule has 0 saturated carbocycles. The lowest BCUT2D eigenvalue weighted by Gasteiger charge is -2.38. The van der Waals surface area contributed by atoms with Crippen molar-refractivity contribution in [2.24, 2.45) is 0 Å². The summed E-state index contributed by atoms with van der Waals surface area (Å²) in [5.74, 6) is 1.38. The number of hydrogen-bond acceptors (Lipinski definition) is 6. The highest BCUT2D eigenvalue weighted by Crippen LogP contribution is 2.41. The van der Waals surface area contributed by atoms with Crippen LogP contribution in [0.3, 0.4) is 0 Å². The maximum absolute atomic E-state index is 9.77. The predicted molar refractivity (Wildman–Crippen MR) is 113 cm³/mol. The topological polar surface area (TPSA) is 63.4 Å². The van der Waals surface area contributed by atoms with E-state index in [-0.39, 0.29) is 0 Å². The van der Waals surface area contributed by atoms with Crippen molar-refractivity contribution in [3.05, 3.63) is 53.7 Å². The van der Waals surface area contributed by atoms with Gasteiger partial charge in [-0.15, -0.1) is 11.8 Å². The summed E-state index contributed by atoms with van der Waals surface area (Å²) in [6.45, 7) is 3.37. The van der Waals surface area contributed by atoms with Crippen molar-refractivity contribution in [2.45, 2.75) is 11.3 Å². The van der Waals surface area contributed by atoms with Crippen LogP contribution in [0.5, 0.6) is 5.75 Å². The smallest absolute Gasteiger partial charge is 0.117 e. The molecule has 1 fully saturated rings. The maximum Gasteiger partial charge on any atom is 0.117 e. The Labute approximate surface area is 168 Å². The van der Waals surface area contributed by atoms with Crippen LogP contribution in [-0.4, -0.2) is 42.0 Å². The molecule has 3 aromatic rings. The first-order chi connectivity index (χ1) is 13.7. The molecule has 2 aliphatic rings. The van der Waals surface area contributed by atoms with Crippen molar-refractivity contribution in [1.29, 1.82) is 5.26 Å². The van der Waals surface area contributed by atoms with Gasteiger partial charge in [0.1, 0.15) is 11.8 Å². The van der Waals surface area contributed by atoms with E-state index in [1.54, 1.807) is 12.3 Å². The molecule has 0 spiro atoms. The van der Waals surface area contributed by atoms with Gasteiger partial charge in [-0.25, -0.2) is 0 Å². The molecule has 1 saturated heterocycles. The van der Waals surface area contributed by atoms with Crippen LogP contribution in [0.25, 0.3) is 10.9 Å². The molecule has 0 bridgehead atoms. The number of aromatic hydroxyl groups is 1. The van der Waals surface area contributed by atoms with Crippen LogP contribution >= 0.6 is 11.8 Å². The molecule has 1 N–H and O–H groups in total. The van der Waals surface area contributed by atoms with E-state index < -0.39 is 0 Å². The molecule has 1 aromatic heterocycles. The number of aryl methyl sites for hydroxylation is 1. The Kier molecular flexibility index (Phi) is 4.25. The Morgan fingerprint density at radius 2 is 1.89 bits per heavy atom. The number of piperazine rings is 1. The van der Waals surface area contributed by atoms with Gasteiger partial charge in [0, 0.05) is 60.2 Å². The molecule has 5 nitrogen and oxygen atoms in total. The largest absolute Gasteiger partial charge is 0.508 e. The molecular weight excluding hydrogens is 368 g/mol. The molecule has 0 radical (unpaired) electrons. The maximum atomic E-state index is 9.77. The Hall–Kier alpha value is -2.91. The van der Waals surface area contributed by atoms with Crippen LogP contribution < -0.4 is 9.80 Å². The van der Waals surface area contributed by atoms with E-state index >= 15 is 0 Å². The number of nitriles is 1. The summed E-state index contributed by atoms with van der Waals surface area (Å²) in [5.41, 5.74) is 5.06. The molecule has 5 rings (SSSR count). The number of thioether (sulfide) groups is 1. The summed E-state index contributed by atoms with van der Waals surface area (Å²) in [4.78, 5) is 10.5. The molecule has 2 aliphatic heterocycles. The van der Waals surface area contributed by atoms with E-state index in [9.17, 15) is 10.4 Å². The summed E-state index contributed by atoms with van der Waals surface area (Å²) in [5, 5.41) is 20.7. The van der Waals surface area contributed by atoms with E-state index in [1.165, 1.54) is 10.5 Å². The van der Waals surface area contributed by atoms with Gasteiger partial charge >= 0.3 is 0 Å². The summed E-state index contributed by atoms with van der Waals surface area (Å²) < 4.78 is 0. The van der Waals surface area contributed by atoms with E-state index in [0.29, 0.717) is 11.3 Å². The number of pyridine rings is 1. The van der Waals surface area contributed by atoms with Crippen molar-refractivity contribution in [2.75, 3.05) is 41.7 Å². The summed E-state index contributed by atoms with van der Waals surface area (Å²) in [6.07, 6.45) is 2.75. The quantitative estimate of drug-likeness (QED) is 0.721. The van der Waals surface area contributed by atoms with Gasteiger partial charge in [0.2, 0.25) is 0 Å². The molecule has 2 aromatic carbocycles. The zero-order valence-electron chi connectivity index (χ0n) is 15.4. The first kappa shape index (κ1) is 17.2. The molecule has 140 valence electrons. The Morgan fingerprint density at radius 1 is 1.07 bits per heavy atom.